The highest BCUT2D eigenvalue weighted by Crippen LogP contribution is 2.38. The fourth-order valence-corrected chi connectivity index (χ4v) is 4.95. The van der Waals surface area contributed by atoms with Gasteiger partial charge in [0.25, 0.3) is 5.91 Å². The average Bonchev–Trinajstić information content (AvgIpc) is 3.07. The fourth-order valence-electron chi connectivity index (χ4n) is 3.80. The number of hydrogen-bond acceptors (Lipinski definition) is 4. The number of benzene rings is 2. The molecule has 2 heterocycles. The molecule has 0 aliphatic carbocycles. The molecule has 1 N–H and O–H groups in total. The molecule has 0 radical (unpaired) electrons. The second-order valence-corrected chi connectivity index (χ2v) is 8.75. The van der Waals surface area contributed by atoms with Gasteiger partial charge in [0.05, 0.1) is 17.6 Å². The van der Waals surface area contributed by atoms with E-state index < -0.39 is 0 Å². The van der Waals surface area contributed by atoms with E-state index in [0.29, 0.717) is 19.7 Å². The molecule has 4 nitrogen and oxygen atoms in total. The molecule has 0 saturated carbocycles. The second kappa shape index (κ2) is 8.61. The van der Waals surface area contributed by atoms with Gasteiger partial charge in [-0.05, 0) is 43.0 Å². The van der Waals surface area contributed by atoms with Gasteiger partial charge in [-0.1, -0.05) is 30.3 Å². The van der Waals surface area contributed by atoms with Gasteiger partial charge in [0.1, 0.15) is 5.82 Å². The summed E-state index contributed by atoms with van der Waals surface area (Å²) < 4.78 is 20.8. The molecule has 1 aromatic heterocycles. The van der Waals surface area contributed by atoms with Gasteiger partial charge in [0, 0.05) is 35.9 Å². The Kier molecular flexibility index (Phi) is 5.94. The number of amides is 1. The topological polar surface area (TPSA) is 41.6 Å². The van der Waals surface area contributed by atoms with E-state index >= 15 is 0 Å². The van der Waals surface area contributed by atoms with Gasteiger partial charge in [0.2, 0.25) is 0 Å². The molecule has 1 aliphatic rings. The van der Waals surface area contributed by atoms with Gasteiger partial charge in [-0.2, -0.15) is 0 Å². The van der Waals surface area contributed by atoms with E-state index in [9.17, 15) is 9.18 Å². The number of nitrogens with zero attached hydrogens (tertiary/aromatic N) is 1. The monoisotopic (exact) mass is 412 g/mol. The molecule has 3 aromatic rings. The number of rotatable bonds is 5. The van der Waals surface area contributed by atoms with Crippen LogP contribution in [0.25, 0.3) is 10.1 Å². The zero-order valence-electron chi connectivity index (χ0n) is 16.7. The van der Waals surface area contributed by atoms with E-state index in [1.165, 1.54) is 17.4 Å². The number of fused-ring (bicyclic) bond motifs is 1. The van der Waals surface area contributed by atoms with Crippen molar-refractivity contribution in [3.63, 3.8) is 0 Å². The van der Waals surface area contributed by atoms with Crippen molar-refractivity contribution in [1.82, 2.24) is 10.2 Å². The average molecular weight is 413 g/mol. The van der Waals surface area contributed by atoms with Gasteiger partial charge in [-0.25, -0.2) is 4.39 Å². The lowest BCUT2D eigenvalue weighted by molar-refractivity contribution is -0.0323. The number of morpholine rings is 1. The molecule has 152 valence electrons. The number of thiophene rings is 1. The van der Waals surface area contributed by atoms with Crippen LogP contribution in [-0.2, 0) is 11.3 Å². The normalized spacial score (nSPS) is 17.7. The molecule has 1 aliphatic heterocycles. The number of carbonyl (C=O) groups is 1. The van der Waals surface area contributed by atoms with E-state index in [-0.39, 0.29) is 23.9 Å². The predicted molar refractivity (Wildman–Crippen MR) is 115 cm³/mol. The predicted octanol–water partition coefficient (Wildman–Crippen LogP) is 4.75. The summed E-state index contributed by atoms with van der Waals surface area (Å²) in [6, 6.07) is 14.9. The van der Waals surface area contributed by atoms with Crippen LogP contribution in [0.15, 0.2) is 48.5 Å². The Balaban J connectivity index is 1.63. The first-order chi connectivity index (χ1) is 14.0. The van der Waals surface area contributed by atoms with Gasteiger partial charge in [-0.15, -0.1) is 11.3 Å². The number of carbonyl (C=O) groups excluding carboxylic acids is 1. The minimum absolute atomic E-state index is 0.0537. The molecular formula is C23H25FN2O2S. The zero-order valence-corrected chi connectivity index (χ0v) is 17.5. The summed E-state index contributed by atoms with van der Waals surface area (Å²) in [5.74, 6) is -0.272. The van der Waals surface area contributed by atoms with Crippen LogP contribution in [0.3, 0.4) is 0 Å². The van der Waals surface area contributed by atoms with E-state index in [2.05, 4.69) is 16.3 Å². The molecule has 0 bridgehead atoms. The van der Waals surface area contributed by atoms with E-state index in [1.54, 1.807) is 12.1 Å². The molecule has 4 rings (SSSR count). The quantitative estimate of drug-likeness (QED) is 0.657. The maximum atomic E-state index is 13.6. The van der Waals surface area contributed by atoms with Crippen molar-refractivity contribution in [1.29, 1.82) is 0 Å². The largest absolute Gasteiger partial charge is 0.371 e. The minimum atomic E-state index is -0.219. The summed E-state index contributed by atoms with van der Waals surface area (Å²) >= 11 is 1.51. The summed E-state index contributed by atoms with van der Waals surface area (Å²) in [6.07, 6.45) is -0.193. The lowest BCUT2D eigenvalue weighted by atomic mass is 10.0. The van der Waals surface area contributed by atoms with Crippen molar-refractivity contribution >= 4 is 27.3 Å². The summed E-state index contributed by atoms with van der Waals surface area (Å²) in [7, 11) is 0. The van der Waals surface area contributed by atoms with Crippen molar-refractivity contribution in [2.24, 2.45) is 0 Å². The number of halogens is 1. The van der Waals surface area contributed by atoms with Crippen LogP contribution in [-0.4, -0.2) is 36.5 Å². The SMILES string of the molecule is CC(C)NC(=O)c1sc2ccccc2c1[C@H]1CN(Cc2cccc(F)c2)CCO1. The molecule has 0 unspecified atom stereocenters. The van der Waals surface area contributed by atoms with Crippen molar-refractivity contribution < 1.29 is 13.9 Å². The zero-order chi connectivity index (χ0) is 20.4. The van der Waals surface area contributed by atoms with Crippen LogP contribution in [0.2, 0.25) is 0 Å². The first-order valence-corrected chi connectivity index (χ1v) is 10.7. The van der Waals surface area contributed by atoms with Crippen molar-refractivity contribution in [2.75, 3.05) is 19.7 Å². The number of nitrogens with one attached hydrogen (secondary N) is 1. The molecule has 0 spiro atoms. The molecule has 1 fully saturated rings. The Bertz CT molecular complexity index is 1020. The third kappa shape index (κ3) is 4.50. The molecule has 1 atom stereocenters. The minimum Gasteiger partial charge on any atom is -0.371 e. The Morgan fingerprint density at radius 2 is 2.10 bits per heavy atom. The molecular weight excluding hydrogens is 387 g/mol. The van der Waals surface area contributed by atoms with Crippen molar-refractivity contribution in [3.05, 3.63) is 70.4 Å². The molecule has 29 heavy (non-hydrogen) atoms. The van der Waals surface area contributed by atoms with Gasteiger partial charge in [-0.3, -0.25) is 9.69 Å². The van der Waals surface area contributed by atoms with Crippen LogP contribution in [0.1, 0.15) is 40.8 Å². The summed E-state index contributed by atoms with van der Waals surface area (Å²) in [4.78, 5) is 15.9. The Hall–Kier alpha value is -2.28. The van der Waals surface area contributed by atoms with Gasteiger partial charge >= 0.3 is 0 Å². The lowest BCUT2D eigenvalue weighted by Crippen LogP contribution is -2.38. The number of hydrogen-bond donors (Lipinski definition) is 1. The molecule has 1 amide bonds. The summed E-state index contributed by atoms with van der Waals surface area (Å²) in [5, 5.41) is 4.09. The third-order valence-electron chi connectivity index (χ3n) is 5.03. The van der Waals surface area contributed by atoms with E-state index in [4.69, 9.17) is 4.74 Å². The Morgan fingerprint density at radius 1 is 1.28 bits per heavy atom. The Morgan fingerprint density at radius 3 is 2.90 bits per heavy atom. The fraction of sp³-hybridized carbons (Fsp3) is 0.348. The maximum absolute atomic E-state index is 13.6. The Labute approximate surface area is 174 Å². The highest BCUT2D eigenvalue weighted by molar-refractivity contribution is 7.21. The van der Waals surface area contributed by atoms with Crippen molar-refractivity contribution in [2.45, 2.75) is 32.5 Å². The van der Waals surface area contributed by atoms with Crippen LogP contribution in [0.5, 0.6) is 0 Å². The van der Waals surface area contributed by atoms with Crippen molar-refractivity contribution in [3.8, 4) is 0 Å². The molecule has 2 aromatic carbocycles. The smallest absolute Gasteiger partial charge is 0.261 e. The third-order valence-corrected chi connectivity index (χ3v) is 6.21. The summed E-state index contributed by atoms with van der Waals surface area (Å²) in [6.45, 7) is 6.61. The van der Waals surface area contributed by atoms with Crippen LogP contribution in [0.4, 0.5) is 4.39 Å². The molecule has 1 saturated heterocycles. The van der Waals surface area contributed by atoms with Gasteiger partial charge in [0.15, 0.2) is 0 Å². The van der Waals surface area contributed by atoms with Crippen LogP contribution < -0.4 is 5.32 Å². The highest BCUT2D eigenvalue weighted by atomic mass is 32.1. The number of ether oxygens (including phenoxy) is 1. The lowest BCUT2D eigenvalue weighted by Gasteiger charge is -2.33. The van der Waals surface area contributed by atoms with Crippen LogP contribution in [0, 0.1) is 5.82 Å². The highest BCUT2D eigenvalue weighted by Gasteiger charge is 2.30. The summed E-state index contributed by atoms with van der Waals surface area (Å²) in [5.41, 5.74) is 1.91. The van der Waals surface area contributed by atoms with Crippen LogP contribution >= 0.6 is 11.3 Å². The second-order valence-electron chi connectivity index (χ2n) is 7.69. The van der Waals surface area contributed by atoms with Gasteiger partial charge < -0.3 is 10.1 Å². The van der Waals surface area contributed by atoms with E-state index in [1.807, 2.05) is 38.1 Å². The standard InChI is InChI=1S/C23H25FN2O2S/c1-15(2)25-23(27)22-21(18-8-3-4-9-20(18)29-22)19-14-26(10-11-28-19)13-16-6-5-7-17(24)12-16/h3-9,12,15,19H,10-11,13-14H2,1-2H3,(H,25,27)/t19-/m1/s1. The first kappa shape index (κ1) is 20.0. The van der Waals surface area contributed by atoms with E-state index in [0.717, 1.165) is 32.6 Å². The maximum Gasteiger partial charge on any atom is 0.261 e. The first-order valence-electron chi connectivity index (χ1n) is 9.92. The molecule has 6 heteroatoms.